The highest BCUT2D eigenvalue weighted by molar-refractivity contribution is 9.10. The molecule has 0 bridgehead atoms. The Hall–Kier alpha value is -1.57. The lowest BCUT2D eigenvalue weighted by atomic mass is 10.2. The summed E-state index contributed by atoms with van der Waals surface area (Å²) in [6.45, 7) is 5.18. The van der Waals surface area contributed by atoms with Crippen LogP contribution in [0.25, 0.3) is 0 Å². The van der Waals surface area contributed by atoms with E-state index >= 15 is 0 Å². The summed E-state index contributed by atoms with van der Waals surface area (Å²) in [4.78, 5) is 27.4. The first-order chi connectivity index (χ1) is 10.1. The molecule has 0 saturated carbocycles. The molecule has 3 heterocycles. The number of amides is 2. The number of piperazine rings is 1. The molecule has 114 valence electrons. The molecule has 0 radical (unpaired) electrons. The predicted molar refractivity (Wildman–Crippen MR) is 78.2 cm³/mol. The third-order valence-electron chi connectivity index (χ3n) is 3.82. The van der Waals surface area contributed by atoms with Gasteiger partial charge in [-0.25, -0.2) is 4.68 Å². The summed E-state index contributed by atoms with van der Waals surface area (Å²) in [5.74, 6) is 0.566. The van der Waals surface area contributed by atoms with Crippen molar-refractivity contribution in [3.8, 4) is 5.88 Å². The van der Waals surface area contributed by atoms with Crippen LogP contribution in [0.3, 0.4) is 0 Å². The first-order valence-electron chi connectivity index (χ1n) is 7.02. The highest BCUT2D eigenvalue weighted by atomic mass is 79.9. The maximum Gasteiger partial charge on any atom is 0.275 e. The van der Waals surface area contributed by atoms with Gasteiger partial charge in [-0.15, -0.1) is 0 Å². The predicted octanol–water partition coefficient (Wildman–Crippen LogP) is 0.732. The average Bonchev–Trinajstić information content (AvgIpc) is 2.84. The summed E-state index contributed by atoms with van der Waals surface area (Å²) in [5.41, 5.74) is 0.392. The summed E-state index contributed by atoms with van der Waals surface area (Å²) in [6.07, 6.45) is 0.895. The molecule has 0 spiro atoms. The van der Waals surface area contributed by atoms with E-state index in [-0.39, 0.29) is 11.8 Å². The van der Waals surface area contributed by atoms with Crippen molar-refractivity contribution in [3.63, 3.8) is 0 Å². The zero-order chi connectivity index (χ0) is 15.0. The van der Waals surface area contributed by atoms with E-state index < -0.39 is 0 Å². The van der Waals surface area contributed by atoms with Gasteiger partial charge in [0.25, 0.3) is 5.91 Å². The van der Waals surface area contributed by atoms with Crippen molar-refractivity contribution in [2.24, 2.45) is 0 Å². The van der Waals surface area contributed by atoms with Crippen molar-refractivity contribution in [2.45, 2.75) is 19.9 Å². The number of nitrogens with zero attached hydrogens (tertiary/aromatic N) is 4. The third-order valence-corrected chi connectivity index (χ3v) is 4.53. The van der Waals surface area contributed by atoms with E-state index in [2.05, 4.69) is 21.0 Å². The fraction of sp³-hybridized carbons (Fsp3) is 0.615. The first-order valence-corrected chi connectivity index (χ1v) is 7.81. The standard InChI is InChI=1S/C13H17BrN4O3/c1-9(19)16-4-6-17(7-5-16)12(20)11-10(14)13-18(15-11)3-2-8-21-13/h2-8H2,1H3. The molecule has 2 aliphatic heterocycles. The molecule has 3 rings (SSSR count). The Morgan fingerprint density at radius 3 is 2.43 bits per heavy atom. The van der Waals surface area contributed by atoms with Crippen LogP contribution in [0.15, 0.2) is 4.47 Å². The Labute approximate surface area is 131 Å². The van der Waals surface area contributed by atoms with Gasteiger partial charge in [-0.2, -0.15) is 5.10 Å². The topological polar surface area (TPSA) is 67.7 Å². The normalized spacial score (nSPS) is 18.2. The second kappa shape index (κ2) is 5.67. The highest BCUT2D eigenvalue weighted by Gasteiger charge is 2.30. The number of ether oxygens (including phenoxy) is 1. The molecule has 2 amide bonds. The number of aromatic nitrogens is 2. The lowest BCUT2D eigenvalue weighted by Crippen LogP contribution is -2.50. The van der Waals surface area contributed by atoms with Gasteiger partial charge in [0.05, 0.1) is 6.61 Å². The maximum absolute atomic E-state index is 12.6. The lowest BCUT2D eigenvalue weighted by Gasteiger charge is -2.33. The van der Waals surface area contributed by atoms with Gasteiger partial charge in [0.2, 0.25) is 11.8 Å². The number of fused-ring (bicyclic) bond motifs is 1. The van der Waals surface area contributed by atoms with Gasteiger partial charge in [0.15, 0.2) is 5.69 Å². The van der Waals surface area contributed by atoms with E-state index in [9.17, 15) is 9.59 Å². The summed E-state index contributed by atoms with van der Waals surface area (Å²) in [6, 6.07) is 0. The van der Waals surface area contributed by atoms with Gasteiger partial charge < -0.3 is 14.5 Å². The van der Waals surface area contributed by atoms with E-state index in [1.54, 1.807) is 21.4 Å². The van der Waals surface area contributed by atoms with Crippen molar-refractivity contribution in [1.29, 1.82) is 0 Å². The molecule has 1 fully saturated rings. The van der Waals surface area contributed by atoms with Gasteiger partial charge >= 0.3 is 0 Å². The van der Waals surface area contributed by atoms with Gasteiger partial charge in [0.1, 0.15) is 4.47 Å². The second-order valence-corrected chi connectivity index (χ2v) is 5.98. The van der Waals surface area contributed by atoms with E-state index in [1.165, 1.54) is 0 Å². The fourth-order valence-corrected chi connectivity index (χ4v) is 3.18. The Kier molecular flexibility index (Phi) is 3.88. The smallest absolute Gasteiger partial charge is 0.275 e. The number of carbonyl (C=O) groups excluding carboxylic acids is 2. The molecule has 0 aliphatic carbocycles. The largest absolute Gasteiger partial charge is 0.477 e. The van der Waals surface area contributed by atoms with Crippen LogP contribution in [-0.4, -0.2) is 64.2 Å². The molecule has 2 aliphatic rings. The quantitative estimate of drug-likeness (QED) is 0.743. The van der Waals surface area contributed by atoms with Gasteiger partial charge in [-0.1, -0.05) is 0 Å². The van der Waals surface area contributed by atoms with Crippen LogP contribution in [0.5, 0.6) is 5.88 Å². The van der Waals surface area contributed by atoms with E-state index in [0.717, 1.165) is 13.0 Å². The van der Waals surface area contributed by atoms with Crippen molar-refractivity contribution >= 4 is 27.7 Å². The molecule has 0 N–H and O–H groups in total. The van der Waals surface area contributed by atoms with Gasteiger partial charge in [-0.3, -0.25) is 9.59 Å². The minimum Gasteiger partial charge on any atom is -0.477 e. The Morgan fingerprint density at radius 1 is 1.14 bits per heavy atom. The van der Waals surface area contributed by atoms with E-state index in [0.29, 0.717) is 48.8 Å². The van der Waals surface area contributed by atoms with Crippen molar-refractivity contribution in [3.05, 3.63) is 10.2 Å². The minimum atomic E-state index is -0.115. The van der Waals surface area contributed by atoms with E-state index in [4.69, 9.17) is 4.74 Å². The van der Waals surface area contributed by atoms with Crippen LogP contribution in [0.2, 0.25) is 0 Å². The lowest BCUT2D eigenvalue weighted by molar-refractivity contribution is -0.130. The second-order valence-electron chi connectivity index (χ2n) is 5.19. The Morgan fingerprint density at radius 2 is 1.81 bits per heavy atom. The molecule has 1 aromatic rings. The van der Waals surface area contributed by atoms with Crippen LogP contribution < -0.4 is 4.74 Å². The average molecular weight is 357 g/mol. The minimum absolute atomic E-state index is 0.0501. The first kappa shape index (κ1) is 14.4. The molecule has 21 heavy (non-hydrogen) atoms. The molecule has 1 saturated heterocycles. The van der Waals surface area contributed by atoms with Crippen LogP contribution in [-0.2, 0) is 11.3 Å². The number of aryl methyl sites for hydroxylation is 1. The maximum atomic E-state index is 12.6. The summed E-state index contributed by atoms with van der Waals surface area (Å²) < 4.78 is 7.91. The number of hydrogen-bond acceptors (Lipinski definition) is 4. The molecule has 0 atom stereocenters. The molecule has 0 unspecified atom stereocenters. The van der Waals surface area contributed by atoms with Crippen LogP contribution in [0.1, 0.15) is 23.8 Å². The third kappa shape index (κ3) is 2.64. The summed E-state index contributed by atoms with van der Waals surface area (Å²) >= 11 is 3.42. The van der Waals surface area contributed by atoms with Crippen LogP contribution in [0.4, 0.5) is 0 Å². The van der Waals surface area contributed by atoms with Gasteiger partial charge in [-0.05, 0) is 15.9 Å². The SMILES string of the molecule is CC(=O)N1CCN(C(=O)c2nn3c(c2Br)OCCC3)CC1. The number of hydrogen-bond donors (Lipinski definition) is 0. The Balaban J connectivity index is 1.74. The zero-order valence-corrected chi connectivity index (χ0v) is 13.4. The molecule has 1 aromatic heterocycles. The van der Waals surface area contributed by atoms with Crippen molar-refractivity contribution in [2.75, 3.05) is 32.8 Å². The molecule has 0 aromatic carbocycles. The van der Waals surface area contributed by atoms with Crippen LogP contribution >= 0.6 is 15.9 Å². The number of halogens is 1. The Bertz CT molecular complexity index is 578. The molecule has 8 heteroatoms. The van der Waals surface area contributed by atoms with Crippen molar-refractivity contribution < 1.29 is 14.3 Å². The monoisotopic (exact) mass is 356 g/mol. The van der Waals surface area contributed by atoms with Crippen LogP contribution in [0, 0.1) is 0 Å². The highest BCUT2D eigenvalue weighted by Crippen LogP contribution is 2.32. The zero-order valence-electron chi connectivity index (χ0n) is 11.8. The van der Waals surface area contributed by atoms with E-state index in [1.807, 2.05) is 0 Å². The molecular weight excluding hydrogens is 340 g/mol. The summed E-state index contributed by atoms with van der Waals surface area (Å²) in [5, 5.41) is 4.35. The number of carbonyl (C=O) groups is 2. The van der Waals surface area contributed by atoms with Gasteiger partial charge in [0, 0.05) is 46.1 Å². The molecular formula is C13H17BrN4O3. The van der Waals surface area contributed by atoms with Crippen molar-refractivity contribution in [1.82, 2.24) is 19.6 Å². The number of rotatable bonds is 1. The molecule has 7 nitrogen and oxygen atoms in total. The fourth-order valence-electron chi connectivity index (χ4n) is 2.61. The summed E-state index contributed by atoms with van der Waals surface area (Å²) in [7, 11) is 0.